The summed E-state index contributed by atoms with van der Waals surface area (Å²) in [7, 11) is 0. The summed E-state index contributed by atoms with van der Waals surface area (Å²) in [5.41, 5.74) is 1.25. The smallest absolute Gasteiger partial charge is 0.190 e. The predicted molar refractivity (Wildman–Crippen MR) is 61.3 cm³/mol. The van der Waals surface area contributed by atoms with E-state index in [-0.39, 0.29) is 0 Å². The molecule has 0 amide bonds. The van der Waals surface area contributed by atoms with Gasteiger partial charge in [0.1, 0.15) is 0 Å². The van der Waals surface area contributed by atoms with Crippen molar-refractivity contribution in [1.82, 2.24) is 0 Å². The lowest BCUT2D eigenvalue weighted by Crippen LogP contribution is -2.05. The van der Waals surface area contributed by atoms with Gasteiger partial charge < -0.3 is 4.74 Å². The maximum atomic E-state index is 7.45. The first-order valence-corrected chi connectivity index (χ1v) is 5.60. The molecule has 0 saturated carbocycles. The van der Waals surface area contributed by atoms with Crippen LogP contribution in [0.1, 0.15) is 12.5 Å². The molecule has 1 aromatic rings. The Hall–Kier alpha value is -0.960. The first-order chi connectivity index (χ1) is 6.72. The Balaban J connectivity index is 2.41. The van der Waals surface area contributed by atoms with Crippen molar-refractivity contribution >= 4 is 17.7 Å². The van der Waals surface area contributed by atoms with E-state index in [9.17, 15) is 0 Å². The predicted octanol–water partition coefficient (Wildman–Crippen LogP) is 3.10. The van der Waals surface area contributed by atoms with Gasteiger partial charge in [-0.05, 0) is 26.0 Å². The molecule has 0 saturated heterocycles. The van der Waals surface area contributed by atoms with Gasteiger partial charge in [0.25, 0.3) is 0 Å². The number of rotatable bonds is 4. The number of nitrogens with one attached hydrogen (secondary N) is 1. The van der Waals surface area contributed by atoms with E-state index >= 15 is 0 Å². The summed E-state index contributed by atoms with van der Waals surface area (Å²) in [6.45, 7) is 4.54. The summed E-state index contributed by atoms with van der Waals surface area (Å²) in [6, 6.07) is 8.26. The van der Waals surface area contributed by atoms with E-state index in [1.165, 1.54) is 10.5 Å². The third-order valence-electron chi connectivity index (χ3n) is 1.68. The molecule has 3 heteroatoms. The highest BCUT2D eigenvalue weighted by molar-refractivity contribution is 8.00. The molecule has 2 nitrogen and oxygen atoms in total. The molecule has 0 heterocycles. The molecular weight excluding hydrogens is 194 g/mol. The Labute approximate surface area is 89.2 Å². The van der Waals surface area contributed by atoms with E-state index in [0.29, 0.717) is 18.3 Å². The monoisotopic (exact) mass is 209 g/mol. The maximum Gasteiger partial charge on any atom is 0.190 e. The van der Waals surface area contributed by atoms with Gasteiger partial charge in [0.15, 0.2) is 5.90 Å². The Kier molecular flexibility index (Phi) is 4.53. The standard InChI is InChI=1S/C11H15NOS/c1-3-13-11(12)8-14-10-6-4-5-9(2)7-10/h4-7,12H,3,8H2,1-2H3. The summed E-state index contributed by atoms with van der Waals surface area (Å²) in [5.74, 6) is 0.955. The van der Waals surface area contributed by atoms with Gasteiger partial charge in [0, 0.05) is 4.90 Å². The molecule has 0 radical (unpaired) electrons. The number of ether oxygens (including phenoxy) is 1. The van der Waals surface area contributed by atoms with Gasteiger partial charge >= 0.3 is 0 Å². The second-order valence-electron chi connectivity index (χ2n) is 2.96. The van der Waals surface area contributed by atoms with Crippen LogP contribution in [-0.2, 0) is 4.74 Å². The van der Waals surface area contributed by atoms with Crippen LogP contribution < -0.4 is 0 Å². The summed E-state index contributed by atoms with van der Waals surface area (Å²) in [6.07, 6.45) is 0. The largest absolute Gasteiger partial charge is 0.481 e. The Morgan fingerprint density at radius 3 is 2.93 bits per heavy atom. The van der Waals surface area contributed by atoms with E-state index < -0.39 is 0 Å². The van der Waals surface area contributed by atoms with Crippen LogP contribution in [0.25, 0.3) is 0 Å². The molecule has 0 spiro atoms. The fraction of sp³-hybridized carbons (Fsp3) is 0.364. The highest BCUT2D eigenvalue weighted by Crippen LogP contribution is 2.18. The second-order valence-corrected chi connectivity index (χ2v) is 4.01. The van der Waals surface area contributed by atoms with Crippen LogP contribution in [0, 0.1) is 12.3 Å². The third-order valence-corrected chi connectivity index (χ3v) is 2.67. The number of thioether (sulfide) groups is 1. The molecule has 0 aromatic heterocycles. The molecule has 14 heavy (non-hydrogen) atoms. The van der Waals surface area contributed by atoms with Crippen molar-refractivity contribution in [2.24, 2.45) is 0 Å². The van der Waals surface area contributed by atoms with Crippen molar-refractivity contribution in [2.45, 2.75) is 18.7 Å². The minimum atomic E-state index is 0.346. The molecule has 0 bridgehead atoms. The molecule has 0 fully saturated rings. The average molecular weight is 209 g/mol. The van der Waals surface area contributed by atoms with Crippen LogP contribution in [0.15, 0.2) is 29.2 Å². The summed E-state index contributed by atoms with van der Waals surface area (Å²) in [4.78, 5) is 1.19. The van der Waals surface area contributed by atoms with Crippen LogP contribution in [0.4, 0.5) is 0 Å². The van der Waals surface area contributed by atoms with Gasteiger partial charge in [0.2, 0.25) is 0 Å². The average Bonchev–Trinajstić information content (AvgIpc) is 2.15. The zero-order valence-corrected chi connectivity index (χ0v) is 9.36. The van der Waals surface area contributed by atoms with Crippen LogP contribution in [0.3, 0.4) is 0 Å². The van der Waals surface area contributed by atoms with Crippen LogP contribution in [0.5, 0.6) is 0 Å². The van der Waals surface area contributed by atoms with Crippen molar-refractivity contribution < 1.29 is 4.74 Å². The normalized spacial score (nSPS) is 9.86. The quantitative estimate of drug-likeness (QED) is 0.469. The van der Waals surface area contributed by atoms with Crippen LogP contribution in [0.2, 0.25) is 0 Å². The van der Waals surface area contributed by atoms with Crippen molar-refractivity contribution in [3.8, 4) is 0 Å². The van der Waals surface area contributed by atoms with Gasteiger partial charge in [-0.3, -0.25) is 5.41 Å². The Bertz CT molecular complexity index is 312. The Morgan fingerprint density at radius 2 is 2.29 bits per heavy atom. The van der Waals surface area contributed by atoms with Crippen molar-refractivity contribution in [2.75, 3.05) is 12.4 Å². The van der Waals surface area contributed by atoms with E-state index in [2.05, 4.69) is 25.1 Å². The molecule has 0 unspecified atom stereocenters. The lowest BCUT2D eigenvalue weighted by molar-refractivity contribution is 0.322. The first kappa shape index (κ1) is 11.1. The molecule has 1 N–H and O–H groups in total. The molecule has 1 rings (SSSR count). The Morgan fingerprint density at radius 1 is 1.50 bits per heavy atom. The molecule has 0 aliphatic carbocycles. The molecule has 1 aromatic carbocycles. The number of hydrogen-bond donors (Lipinski definition) is 1. The molecular formula is C11H15NOS. The van der Waals surface area contributed by atoms with Gasteiger partial charge in [0.05, 0.1) is 12.4 Å². The lowest BCUT2D eigenvalue weighted by atomic mass is 10.2. The summed E-state index contributed by atoms with van der Waals surface area (Å²) < 4.78 is 5.06. The van der Waals surface area contributed by atoms with E-state index in [1.807, 2.05) is 13.0 Å². The van der Waals surface area contributed by atoms with Crippen molar-refractivity contribution in [1.29, 1.82) is 5.41 Å². The fourth-order valence-electron chi connectivity index (χ4n) is 1.07. The molecule has 76 valence electrons. The van der Waals surface area contributed by atoms with E-state index in [1.54, 1.807) is 11.8 Å². The third kappa shape index (κ3) is 3.83. The number of benzene rings is 1. The van der Waals surface area contributed by atoms with Crippen LogP contribution >= 0.6 is 11.8 Å². The lowest BCUT2D eigenvalue weighted by Gasteiger charge is -2.04. The summed E-state index contributed by atoms with van der Waals surface area (Å²) >= 11 is 1.63. The molecule has 0 atom stereocenters. The van der Waals surface area contributed by atoms with E-state index in [0.717, 1.165) is 0 Å². The zero-order valence-electron chi connectivity index (χ0n) is 8.54. The SMILES string of the molecule is CCOC(=N)CSc1cccc(C)c1. The zero-order chi connectivity index (χ0) is 10.4. The molecule has 0 aliphatic rings. The van der Waals surface area contributed by atoms with Crippen LogP contribution in [-0.4, -0.2) is 18.3 Å². The highest BCUT2D eigenvalue weighted by atomic mass is 32.2. The second kappa shape index (κ2) is 5.70. The first-order valence-electron chi connectivity index (χ1n) is 4.62. The number of hydrogen-bond acceptors (Lipinski definition) is 3. The van der Waals surface area contributed by atoms with Crippen molar-refractivity contribution in [3.05, 3.63) is 29.8 Å². The minimum Gasteiger partial charge on any atom is -0.481 e. The fourth-order valence-corrected chi connectivity index (χ4v) is 1.90. The van der Waals surface area contributed by atoms with Gasteiger partial charge in [-0.1, -0.05) is 17.7 Å². The van der Waals surface area contributed by atoms with Gasteiger partial charge in [-0.2, -0.15) is 0 Å². The number of aryl methyl sites for hydroxylation is 1. The van der Waals surface area contributed by atoms with Crippen molar-refractivity contribution in [3.63, 3.8) is 0 Å². The maximum absolute atomic E-state index is 7.45. The minimum absolute atomic E-state index is 0.346. The van der Waals surface area contributed by atoms with Gasteiger partial charge in [-0.25, -0.2) is 0 Å². The van der Waals surface area contributed by atoms with E-state index in [4.69, 9.17) is 10.1 Å². The van der Waals surface area contributed by atoms with Gasteiger partial charge in [-0.15, -0.1) is 11.8 Å². The molecule has 0 aliphatic heterocycles. The highest BCUT2D eigenvalue weighted by Gasteiger charge is 1.99. The topological polar surface area (TPSA) is 33.1 Å². The summed E-state index contributed by atoms with van der Waals surface area (Å²) in [5, 5.41) is 7.45.